The normalized spacial score (nSPS) is 11.9. The number of hydrogen-bond donors (Lipinski definition) is 3. The van der Waals surface area contributed by atoms with E-state index in [0.29, 0.717) is 12.0 Å². The Balaban J connectivity index is 2.12. The van der Waals surface area contributed by atoms with Gasteiger partial charge in [0, 0.05) is 22.7 Å². The van der Waals surface area contributed by atoms with Crippen molar-refractivity contribution in [1.29, 1.82) is 5.26 Å². The summed E-state index contributed by atoms with van der Waals surface area (Å²) in [6.45, 7) is 3.88. The van der Waals surface area contributed by atoms with Gasteiger partial charge in [-0.1, -0.05) is 13.8 Å². The molecule has 1 heterocycles. The van der Waals surface area contributed by atoms with Crippen molar-refractivity contribution in [2.45, 2.75) is 26.3 Å². The Bertz CT molecular complexity index is 742. The van der Waals surface area contributed by atoms with Crippen molar-refractivity contribution in [2.24, 2.45) is 5.92 Å². The lowest BCUT2D eigenvalue weighted by Crippen LogP contribution is -2.47. The van der Waals surface area contributed by atoms with Gasteiger partial charge in [-0.05, 0) is 36.6 Å². The number of rotatable bonds is 6. The van der Waals surface area contributed by atoms with Crippen LogP contribution in [0.4, 0.5) is 0 Å². The lowest BCUT2D eigenvalue weighted by molar-refractivity contribution is -0.123. The maximum atomic E-state index is 12.4. The number of amides is 2. The highest BCUT2D eigenvalue weighted by Crippen LogP contribution is 2.15. The lowest BCUT2D eigenvalue weighted by atomic mass is 10.0. The molecular weight excluding hydrogens is 292 g/mol. The molecule has 1 atom stereocenters. The summed E-state index contributed by atoms with van der Waals surface area (Å²) in [6, 6.07) is 8.42. The molecule has 0 aliphatic carbocycles. The summed E-state index contributed by atoms with van der Waals surface area (Å²) in [7, 11) is 0. The first-order valence-corrected chi connectivity index (χ1v) is 7.54. The molecule has 120 valence electrons. The van der Waals surface area contributed by atoms with E-state index in [-0.39, 0.29) is 24.3 Å². The quantitative estimate of drug-likeness (QED) is 0.711. The second-order valence-electron chi connectivity index (χ2n) is 5.81. The second kappa shape index (κ2) is 7.45. The molecule has 6 heteroatoms. The van der Waals surface area contributed by atoms with E-state index in [1.54, 1.807) is 12.1 Å². The minimum absolute atomic E-state index is 0.0708. The molecule has 2 amide bonds. The molecule has 0 bridgehead atoms. The van der Waals surface area contributed by atoms with Gasteiger partial charge in [-0.3, -0.25) is 9.59 Å². The maximum absolute atomic E-state index is 12.4. The van der Waals surface area contributed by atoms with E-state index < -0.39 is 6.04 Å². The van der Waals surface area contributed by atoms with Gasteiger partial charge in [0.2, 0.25) is 5.91 Å². The largest absolute Gasteiger partial charge is 0.361 e. The Kier molecular flexibility index (Phi) is 5.36. The van der Waals surface area contributed by atoms with Crippen molar-refractivity contribution in [3.63, 3.8) is 0 Å². The van der Waals surface area contributed by atoms with Gasteiger partial charge < -0.3 is 15.6 Å². The van der Waals surface area contributed by atoms with Crippen LogP contribution in [0.2, 0.25) is 0 Å². The van der Waals surface area contributed by atoms with Crippen LogP contribution in [0.5, 0.6) is 0 Å². The molecule has 0 saturated carbocycles. The molecule has 23 heavy (non-hydrogen) atoms. The van der Waals surface area contributed by atoms with Gasteiger partial charge in [0.1, 0.15) is 12.6 Å². The number of H-pyrrole nitrogens is 1. The number of aromatic nitrogens is 1. The van der Waals surface area contributed by atoms with Crippen LogP contribution in [-0.4, -0.2) is 29.4 Å². The van der Waals surface area contributed by atoms with E-state index in [1.165, 1.54) is 0 Å². The number of nitrogens with zero attached hydrogens (tertiary/aromatic N) is 1. The van der Waals surface area contributed by atoms with Crippen molar-refractivity contribution < 1.29 is 9.59 Å². The lowest BCUT2D eigenvalue weighted by Gasteiger charge is -2.19. The van der Waals surface area contributed by atoms with E-state index in [1.807, 2.05) is 38.2 Å². The van der Waals surface area contributed by atoms with Crippen LogP contribution in [0.15, 0.2) is 30.5 Å². The molecule has 2 aromatic rings. The zero-order valence-electron chi connectivity index (χ0n) is 13.2. The van der Waals surface area contributed by atoms with Crippen molar-refractivity contribution in [3.8, 4) is 6.07 Å². The third kappa shape index (κ3) is 4.33. The number of hydrogen-bond acceptors (Lipinski definition) is 3. The van der Waals surface area contributed by atoms with Gasteiger partial charge in [-0.25, -0.2) is 0 Å². The zero-order chi connectivity index (χ0) is 16.8. The van der Waals surface area contributed by atoms with Crippen LogP contribution < -0.4 is 10.6 Å². The summed E-state index contributed by atoms with van der Waals surface area (Å²) < 4.78 is 0. The number of fused-ring (bicyclic) bond motifs is 1. The number of nitriles is 1. The fraction of sp³-hybridized carbons (Fsp3) is 0.353. The minimum Gasteiger partial charge on any atom is -0.361 e. The Morgan fingerprint density at radius 3 is 2.78 bits per heavy atom. The average Bonchev–Trinajstić information content (AvgIpc) is 2.98. The van der Waals surface area contributed by atoms with Crippen molar-refractivity contribution in [3.05, 3.63) is 36.0 Å². The predicted octanol–water partition coefficient (Wildman–Crippen LogP) is 1.95. The van der Waals surface area contributed by atoms with E-state index in [0.717, 1.165) is 10.9 Å². The van der Waals surface area contributed by atoms with Crippen LogP contribution in [-0.2, 0) is 4.79 Å². The monoisotopic (exact) mass is 312 g/mol. The highest BCUT2D eigenvalue weighted by molar-refractivity contribution is 6.00. The molecule has 3 N–H and O–H groups in total. The Morgan fingerprint density at radius 1 is 1.30 bits per heavy atom. The standard InChI is InChI=1S/C17H20N4O2/c1-11(2)9-15(17(23)20-8-6-18)21-16(22)13-3-4-14-12(10-13)5-7-19-14/h3-5,7,10-11,15,19H,8-9H2,1-2H3,(H,20,23)(H,21,22)/t15-/m0/s1. The summed E-state index contributed by atoms with van der Waals surface area (Å²) >= 11 is 0. The van der Waals surface area contributed by atoms with Crippen LogP contribution in [0.3, 0.4) is 0 Å². The zero-order valence-corrected chi connectivity index (χ0v) is 13.2. The van der Waals surface area contributed by atoms with E-state index >= 15 is 0 Å². The summed E-state index contributed by atoms with van der Waals surface area (Å²) in [5, 5.41) is 14.8. The minimum atomic E-state index is -0.655. The first-order chi connectivity index (χ1) is 11.0. The van der Waals surface area contributed by atoms with Crippen LogP contribution in [0.1, 0.15) is 30.6 Å². The molecule has 2 rings (SSSR count). The van der Waals surface area contributed by atoms with Gasteiger partial charge in [-0.15, -0.1) is 0 Å². The average molecular weight is 312 g/mol. The Hall–Kier alpha value is -2.81. The molecule has 0 aliphatic heterocycles. The molecule has 6 nitrogen and oxygen atoms in total. The van der Waals surface area contributed by atoms with Crippen molar-refractivity contribution in [1.82, 2.24) is 15.6 Å². The third-order valence-corrected chi connectivity index (χ3v) is 3.49. The maximum Gasteiger partial charge on any atom is 0.251 e. The molecule has 1 aromatic carbocycles. The van der Waals surface area contributed by atoms with E-state index in [4.69, 9.17) is 5.26 Å². The van der Waals surface area contributed by atoms with Gasteiger partial charge in [-0.2, -0.15) is 5.26 Å². The number of aromatic amines is 1. The Morgan fingerprint density at radius 2 is 2.09 bits per heavy atom. The van der Waals surface area contributed by atoms with Gasteiger partial charge >= 0.3 is 0 Å². The smallest absolute Gasteiger partial charge is 0.251 e. The van der Waals surface area contributed by atoms with Gasteiger partial charge in [0.25, 0.3) is 5.91 Å². The van der Waals surface area contributed by atoms with Crippen molar-refractivity contribution in [2.75, 3.05) is 6.54 Å². The highest BCUT2D eigenvalue weighted by Gasteiger charge is 2.22. The molecule has 0 saturated heterocycles. The number of carbonyl (C=O) groups excluding carboxylic acids is 2. The van der Waals surface area contributed by atoms with Crippen LogP contribution in [0, 0.1) is 17.2 Å². The van der Waals surface area contributed by atoms with Crippen LogP contribution >= 0.6 is 0 Å². The topological polar surface area (TPSA) is 97.8 Å². The van der Waals surface area contributed by atoms with E-state index in [2.05, 4.69) is 15.6 Å². The molecule has 1 aromatic heterocycles. The predicted molar refractivity (Wildman–Crippen MR) is 87.6 cm³/mol. The summed E-state index contributed by atoms with van der Waals surface area (Å²) in [5.74, 6) is -0.400. The van der Waals surface area contributed by atoms with Gasteiger partial charge in [0.05, 0.1) is 6.07 Å². The fourth-order valence-electron chi connectivity index (χ4n) is 2.39. The first-order valence-electron chi connectivity index (χ1n) is 7.54. The third-order valence-electron chi connectivity index (χ3n) is 3.49. The number of nitrogens with one attached hydrogen (secondary N) is 3. The molecule has 0 unspecified atom stereocenters. The highest BCUT2D eigenvalue weighted by atomic mass is 16.2. The SMILES string of the molecule is CC(C)C[C@H](NC(=O)c1ccc2[nH]ccc2c1)C(=O)NCC#N. The first kappa shape index (κ1) is 16.6. The second-order valence-corrected chi connectivity index (χ2v) is 5.81. The Labute approximate surface area is 134 Å². The molecule has 0 spiro atoms. The van der Waals surface area contributed by atoms with Gasteiger partial charge in [0.15, 0.2) is 0 Å². The number of carbonyl (C=O) groups is 2. The van der Waals surface area contributed by atoms with Crippen molar-refractivity contribution >= 4 is 22.7 Å². The summed E-state index contributed by atoms with van der Waals surface area (Å²) in [4.78, 5) is 27.6. The molecule has 0 aliphatic rings. The molecule has 0 fully saturated rings. The number of benzene rings is 1. The summed E-state index contributed by atoms with van der Waals surface area (Å²) in [5.41, 5.74) is 1.45. The van der Waals surface area contributed by atoms with Crippen LogP contribution in [0.25, 0.3) is 10.9 Å². The fourth-order valence-corrected chi connectivity index (χ4v) is 2.39. The molecule has 0 radical (unpaired) electrons. The molecular formula is C17H20N4O2. The van der Waals surface area contributed by atoms with E-state index in [9.17, 15) is 9.59 Å². The summed E-state index contributed by atoms with van der Waals surface area (Å²) in [6.07, 6.45) is 2.32.